The third-order valence-electron chi connectivity index (χ3n) is 3.80. The van der Waals surface area contributed by atoms with E-state index in [-0.39, 0.29) is 18.0 Å². The molecule has 108 valence electrons. The molecule has 1 aliphatic carbocycles. The summed E-state index contributed by atoms with van der Waals surface area (Å²) in [5, 5.41) is 11.9. The summed E-state index contributed by atoms with van der Waals surface area (Å²) in [5.41, 5.74) is 1.92. The van der Waals surface area contributed by atoms with Gasteiger partial charge >= 0.3 is 12.0 Å². The summed E-state index contributed by atoms with van der Waals surface area (Å²) < 4.78 is 0. The molecule has 0 aromatic heterocycles. The molecule has 2 unspecified atom stereocenters. The lowest BCUT2D eigenvalue weighted by Crippen LogP contribution is -2.42. The molecule has 5 nitrogen and oxygen atoms in total. The number of urea groups is 1. The number of nitrogens with zero attached hydrogens (tertiary/aromatic N) is 1. The number of benzene rings is 1. The summed E-state index contributed by atoms with van der Waals surface area (Å²) in [6.45, 7) is 1.98. The quantitative estimate of drug-likeness (QED) is 0.890. The van der Waals surface area contributed by atoms with E-state index in [1.165, 1.54) is 0 Å². The molecule has 1 aliphatic rings. The van der Waals surface area contributed by atoms with E-state index in [4.69, 9.17) is 5.11 Å². The fraction of sp³-hybridized carbons (Fsp3) is 0.467. The molecule has 1 saturated carbocycles. The van der Waals surface area contributed by atoms with E-state index in [0.29, 0.717) is 12.8 Å². The van der Waals surface area contributed by atoms with Gasteiger partial charge in [-0.1, -0.05) is 12.1 Å². The first kappa shape index (κ1) is 14.4. The number of carbonyl (C=O) groups is 2. The predicted octanol–water partition coefficient (Wildman–Crippen LogP) is 2.39. The van der Waals surface area contributed by atoms with E-state index in [1.54, 1.807) is 11.9 Å². The Morgan fingerprint density at radius 2 is 2.10 bits per heavy atom. The molecule has 1 aromatic rings. The van der Waals surface area contributed by atoms with Gasteiger partial charge in [-0.2, -0.15) is 0 Å². The zero-order chi connectivity index (χ0) is 14.7. The molecule has 2 rings (SSSR count). The molecule has 0 spiro atoms. The molecule has 1 fully saturated rings. The number of anilines is 1. The number of hydrogen-bond acceptors (Lipinski definition) is 2. The lowest BCUT2D eigenvalue weighted by Gasteiger charge is -2.21. The van der Waals surface area contributed by atoms with Gasteiger partial charge in [0, 0.05) is 18.8 Å². The van der Waals surface area contributed by atoms with E-state index in [9.17, 15) is 9.59 Å². The molecule has 0 bridgehead atoms. The summed E-state index contributed by atoms with van der Waals surface area (Å²) in [7, 11) is 1.72. The topological polar surface area (TPSA) is 69.6 Å². The van der Waals surface area contributed by atoms with Crippen molar-refractivity contribution in [3.63, 3.8) is 0 Å². The third-order valence-corrected chi connectivity index (χ3v) is 3.80. The van der Waals surface area contributed by atoms with Gasteiger partial charge < -0.3 is 10.4 Å². The summed E-state index contributed by atoms with van der Waals surface area (Å²) >= 11 is 0. The minimum Gasteiger partial charge on any atom is -0.481 e. The van der Waals surface area contributed by atoms with Gasteiger partial charge in [0.1, 0.15) is 0 Å². The number of carboxylic acids is 1. The van der Waals surface area contributed by atoms with Gasteiger partial charge in [0.2, 0.25) is 0 Å². The monoisotopic (exact) mass is 276 g/mol. The molecule has 2 N–H and O–H groups in total. The van der Waals surface area contributed by atoms with Crippen LogP contribution in [-0.2, 0) is 4.79 Å². The first-order valence-electron chi connectivity index (χ1n) is 6.81. The van der Waals surface area contributed by atoms with Crippen molar-refractivity contribution >= 4 is 17.7 Å². The smallest absolute Gasteiger partial charge is 0.321 e. The number of hydrogen-bond donors (Lipinski definition) is 2. The Morgan fingerprint density at radius 1 is 1.35 bits per heavy atom. The zero-order valence-corrected chi connectivity index (χ0v) is 11.8. The van der Waals surface area contributed by atoms with Crippen LogP contribution in [0.15, 0.2) is 24.3 Å². The average molecular weight is 276 g/mol. The largest absolute Gasteiger partial charge is 0.481 e. The highest BCUT2D eigenvalue weighted by Crippen LogP contribution is 2.26. The van der Waals surface area contributed by atoms with Crippen LogP contribution in [0, 0.1) is 12.8 Å². The van der Waals surface area contributed by atoms with Crippen LogP contribution in [0.4, 0.5) is 10.5 Å². The van der Waals surface area contributed by atoms with E-state index >= 15 is 0 Å². The van der Waals surface area contributed by atoms with Gasteiger partial charge in [-0.25, -0.2) is 4.79 Å². The SMILES string of the molecule is Cc1cccc(N(C)C(=O)NC2CCC(C(=O)O)C2)c1. The van der Waals surface area contributed by atoms with Gasteiger partial charge in [0.15, 0.2) is 0 Å². The van der Waals surface area contributed by atoms with Crippen molar-refractivity contribution in [2.75, 3.05) is 11.9 Å². The van der Waals surface area contributed by atoms with Crippen molar-refractivity contribution in [1.82, 2.24) is 5.32 Å². The summed E-state index contributed by atoms with van der Waals surface area (Å²) in [4.78, 5) is 24.6. The molecule has 0 heterocycles. The Kier molecular flexibility index (Phi) is 4.27. The minimum absolute atomic E-state index is 0.0455. The number of aliphatic carboxylic acids is 1. The van der Waals surface area contributed by atoms with Crippen LogP contribution in [0.1, 0.15) is 24.8 Å². The maximum absolute atomic E-state index is 12.2. The van der Waals surface area contributed by atoms with Crippen molar-refractivity contribution in [3.05, 3.63) is 29.8 Å². The van der Waals surface area contributed by atoms with E-state index < -0.39 is 5.97 Å². The number of nitrogens with one attached hydrogen (secondary N) is 1. The van der Waals surface area contributed by atoms with Crippen LogP contribution in [-0.4, -0.2) is 30.2 Å². The third kappa shape index (κ3) is 3.29. The Hall–Kier alpha value is -2.04. The van der Waals surface area contributed by atoms with Crippen molar-refractivity contribution in [2.45, 2.75) is 32.2 Å². The van der Waals surface area contributed by atoms with Crippen molar-refractivity contribution in [3.8, 4) is 0 Å². The Morgan fingerprint density at radius 3 is 2.70 bits per heavy atom. The fourth-order valence-corrected chi connectivity index (χ4v) is 2.56. The van der Waals surface area contributed by atoms with Crippen LogP contribution in [0.3, 0.4) is 0 Å². The second-order valence-corrected chi connectivity index (χ2v) is 5.39. The first-order chi connectivity index (χ1) is 9.47. The molecule has 5 heteroatoms. The molecule has 20 heavy (non-hydrogen) atoms. The normalized spacial score (nSPS) is 21.5. The minimum atomic E-state index is -0.770. The van der Waals surface area contributed by atoms with Gasteiger partial charge in [0.05, 0.1) is 5.92 Å². The first-order valence-corrected chi connectivity index (χ1v) is 6.81. The number of carbonyl (C=O) groups excluding carboxylic acids is 1. The average Bonchev–Trinajstić information content (AvgIpc) is 2.86. The molecular weight excluding hydrogens is 256 g/mol. The van der Waals surface area contributed by atoms with E-state index in [0.717, 1.165) is 17.7 Å². The number of rotatable bonds is 3. The molecule has 2 amide bonds. The molecule has 2 atom stereocenters. The van der Waals surface area contributed by atoms with Gasteiger partial charge in [0.25, 0.3) is 0 Å². The van der Waals surface area contributed by atoms with Crippen LogP contribution in [0.2, 0.25) is 0 Å². The van der Waals surface area contributed by atoms with Crippen LogP contribution in [0.25, 0.3) is 0 Å². The van der Waals surface area contributed by atoms with Gasteiger partial charge in [-0.05, 0) is 43.9 Å². The highest BCUT2D eigenvalue weighted by Gasteiger charge is 2.31. The highest BCUT2D eigenvalue weighted by atomic mass is 16.4. The lowest BCUT2D eigenvalue weighted by molar-refractivity contribution is -0.141. The highest BCUT2D eigenvalue weighted by molar-refractivity contribution is 5.91. The standard InChI is InChI=1S/C15H20N2O3/c1-10-4-3-5-13(8-10)17(2)15(20)16-12-7-6-11(9-12)14(18)19/h3-5,8,11-12H,6-7,9H2,1-2H3,(H,16,20)(H,18,19). The Labute approximate surface area is 118 Å². The molecular formula is C15H20N2O3. The Bertz CT molecular complexity index is 516. The summed E-state index contributed by atoms with van der Waals surface area (Å²) in [6, 6.07) is 7.46. The second-order valence-electron chi connectivity index (χ2n) is 5.39. The van der Waals surface area contributed by atoms with Crippen molar-refractivity contribution in [1.29, 1.82) is 0 Å². The second kappa shape index (κ2) is 5.94. The van der Waals surface area contributed by atoms with E-state index in [1.807, 2.05) is 31.2 Å². The number of carboxylic acid groups (broad SMARTS) is 1. The summed E-state index contributed by atoms with van der Waals surface area (Å²) in [5.74, 6) is -1.10. The van der Waals surface area contributed by atoms with Crippen LogP contribution < -0.4 is 10.2 Å². The molecule has 0 saturated heterocycles. The zero-order valence-electron chi connectivity index (χ0n) is 11.8. The summed E-state index contributed by atoms with van der Waals surface area (Å²) in [6.07, 6.45) is 1.88. The maximum atomic E-state index is 12.2. The van der Waals surface area contributed by atoms with Crippen molar-refractivity contribution in [2.24, 2.45) is 5.92 Å². The van der Waals surface area contributed by atoms with Crippen LogP contribution >= 0.6 is 0 Å². The Balaban J connectivity index is 1.94. The van der Waals surface area contributed by atoms with Gasteiger partial charge in [-0.15, -0.1) is 0 Å². The predicted molar refractivity (Wildman–Crippen MR) is 76.9 cm³/mol. The molecule has 1 aromatic carbocycles. The molecule has 0 aliphatic heterocycles. The van der Waals surface area contributed by atoms with Crippen LogP contribution in [0.5, 0.6) is 0 Å². The van der Waals surface area contributed by atoms with Crippen molar-refractivity contribution < 1.29 is 14.7 Å². The fourth-order valence-electron chi connectivity index (χ4n) is 2.56. The maximum Gasteiger partial charge on any atom is 0.321 e. The van der Waals surface area contributed by atoms with E-state index in [2.05, 4.69) is 5.32 Å². The number of amides is 2. The lowest BCUT2D eigenvalue weighted by atomic mass is 10.1. The van der Waals surface area contributed by atoms with Gasteiger partial charge in [-0.3, -0.25) is 9.69 Å². The number of aryl methyl sites for hydroxylation is 1. The molecule has 0 radical (unpaired) electrons.